The smallest absolute Gasteiger partial charge is 0.241 e. The summed E-state index contributed by atoms with van der Waals surface area (Å²) in [5.74, 6) is -1.77. The van der Waals surface area contributed by atoms with Gasteiger partial charge in [0.2, 0.25) is 17.7 Å². The molecule has 0 radical (unpaired) electrons. The van der Waals surface area contributed by atoms with Crippen LogP contribution in [0.5, 0.6) is 0 Å². The molecule has 2 unspecified atom stereocenters. The minimum Gasteiger partial charge on any atom is -0.337 e. The van der Waals surface area contributed by atoms with Crippen molar-refractivity contribution < 1.29 is 18.8 Å². The zero-order valence-electron chi connectivity index (χ0n) is 18.3. The van der Waals surface area contributed by atoms with Gasteiger partial charge in [-0.15, -0.1) is 11.3 Å². The molecule has 0 N–H and O–H groups in total. The van der Waals surface area contributed by atoms with Crippen molar-refractivity contribution in [2.75, 3.05) is 7.05 Å². The van der Waals surface area contributed by atoms with E-state index in [9.17, 15) is 18.8 Å². The first kappa shape index (κ1) is 22.7. The number of rotatable bonds is 7. The van der Waals surface area contributed by atoms with Crippen LogP contribution in [0.3, 0.4) is 0 Å². The van der Waals surface area contributed by atoms with Gasteiger partial charge >= 0.3 is 0 Å². The molecule has 1 aromatic carbocycles. The molecule has 3 aromatic rings. The lowest BCUT2D eigenvalue weighted by Gasteiger charge is -2.31. The van der Waals surface area contributed by atoms with Crippen LogP contribution in [0.25, 0.3) is 0 Å². The fourth-order valence-corrected chi connectivity index (χ4v) is 4.83. The molecule has 0 spiro atoms. The van der Waals surface area contributed by atoms with Crippen molar-refractivity contribution in [3.05, 3.63) is 82.3 Å². The zero-order valence-corrected chi connectivity index (χ0v) is 19.1. The maximum Gasteiger partial charge on any atom is 0.241 e. The standard InChI is InChI=1S/C24H23FN4O3S/c1-16(22-27-9-10-33-22)28(2)20(30)12-24(18-6-3-7-19(25)11-18)13-21(31)29(23(24)32)15-17-5-4-8-26-14-17/h3-11,14,16H,12-13,15H2,1-2H3. The summed E-state index contributed by atoms with van der Waals surface area (Å²) in [4.78, 5) is 51.0. The fraction of sp³-hybridized carbons (Fsp3) is 0.292. The number of likely N-dealkylation sites (tertiary alicyclic amines) is 1. The maximum absolute atomic E-state index is 14.1. The zero-order chi connectivity index (χ0) is 23.6. The predicted molar refractivity (Wildman–Crippen MR) is 120 cm³/mol. The van der Waals surface area contributed by atoms with Crippen LogP contribution in [0.2, 0.25) is 0 Å². The SMILES string of the molecule is CC(c1nccs1)N(C)C(=O)CC1(c2cccc(F)c2)CC(=O)N(Cc2cccnc2)C1=O. The van der Waals surface area contributed by atoms with Gasteiger partial charge in [0.25, 0.3) is 0 Å². The van der Waals surface area contributed by atoms with Crippen molar-refractivity contribution >= 4 is 29.1 Å². The van der Waals surface area contributed by atoms with Gasteiger partial charge in [-0.1, -0.05) is 18.2 Å². The van der Waals surface area contributed by atoms with Gasteiger partial charge in [-0.3, -0.25) is 24.3 Å². The highest BCUT2D eigenvalue weighted by atomic mass is 32.1. The van der Waals surface area contributed by atoms with Gasteiger partial charge < -0.3 is 4.90 Å². The van der Waals surface area contributed by atoms with Crippen LogP contribution in [-0.2, 0) is 26.3 Å². The molecule has 0 aliphatic carbocycles. The van der Waals surface area contributed by atoms with E-state index in [1.165, 1.54) is 34.4 Å². The number of thiazole rings is 1. The van der Waals surface area contributed by atoms with Crippen molar-refractivity contribution in [1.29, 1.82) is 0 Å². The molecule has 1 aliphatic heterocycles. The van der Waals surface area contributed by atoms with Crippen LogP contribution >= 0.6 is 11.3 Å². The van der Waals surface area contributed by atoms with Crippen LogP contribution in [-0.4, -0.2) is 44.5 Å². The molecule has 1 fully saturated rings. The highest BCUT2D eigenvalue weighted by Crippen LogP contribution is 2.41. The Hall–Kier alpha value is -3.46. The van der Waals surface area contributed by atoms with Gasteiger partial charge in [0, 0.05) is 43.9 Å². The largest absolute Gasteiger partial charge is 0.337 e. The predicted octanol–water partition coefficient (Wildman–Crippen LogP) is 3.48. The first-order valence-electron chi connectivity index (χ1n) is 10.5. The van der Waals surface area contributed by atoms with Gasteiger partial charge in [-0.25, -0.2) is 9.37 Å². The average molecular weight is 467 g/mol. The Balaban J connectivity index is 1.67. The summed E-state index contributed by atoms with van der Waals surface area (Å²) in [6, 6.07) is 8.77. The number of amides is 3. The summed E-state index contributed by atoms with van der Waals surface area (Å²) in [6.07, 6.45) is 4.39. The average Bonchev–Trinajstić information content (AvgIpc) is 3.43. The van der Waals surface area contributed by atoms with E-state index in [0.717, 1.165) is 9.91 Å². The van der Waals surface area contributed by atoms with Gasteiger partial charge in [-0.2, -0.15) is 0 Å². The summed E-state index contributed by atoms with van der Waals surface area (Å²) >= 11 is 1.43. The molecule has 1 aliphatic rings. The number of hydrogen-bond acceptors (Lipinski definition) is 6. The third kappa shape index (κ3) is 4.41. The summed E-state index contributed by atoms with van der Waals surface area (Å²) in [7, 11) is 1.64. The Labute approximate surface area is 194 Å². The number of carbonyl (C=O) groups is 3. The number of halogens is 1. The van der Waals surface area contributed by atoms with Crippen molar-refractivity contribution in [3.8, 4) is 0 Å². The molecule has 3 amide bonds. The summed E-state index contributed by atoms with van der Waals surface area (Å²) in [6.45, 7) is 1.89. The Morgan fingerprint density at radius 2 is 2.09 bits per heavy atom. The van der Waals surface area contributed by atoms with Crippen molar-refractivity contribution in [1.82, 2.24) is 19.8 Å². The normalized spacial score (nSPS) is 19.1. The summed E-state index contributed by atoms with van der Waals surface area (Å²) < 4.78 is 14.1. The van der Waals surface area contributed by atoms with E-state index in [1.807, 2.05) is 12.3 Å². The molecule has 3 heterocycles. The van der Waals surface area contributed by atoms with E-state index in [2.05, 4.69) is 9.97 Å². The monoisotopic (exact) mass is 466 g/mol. The molecule has 1 saturated heterocycles. The van der Waals surface area contributed by atoms with E-state index >= 15 is 0 Å². The number of imide groups is 1. The first-order valence-corrected chi connectivity index (χ1v) is 11.3. The lowest BCUT2D eigenvalue weighted by molar-refractivity contribution is -0.143. The van der Waals surface area contributed by atoms with E-state index in [1.54, 1.807) is 43.8 Å². The molecule has 0 saturated carbocycles. The first-order chi connectivity index (χ1) is 15.8. The highest BCUT2D eigenvalue weighted by Gasteiger charge is 2.54. The van der Waals surface area contributed by atoms with Crippen LogP contribution in [0, 0.1) is 5.82 Å². The van der Waals surface area contributed by atoms with Crippen molar-refractivity contribution in [2.24, 2.45) is 0 Å². The van der Waals surface area contributed by atoms with E-state index in [0.29, 0.717) is 11.1 Å². The molecule has 9 heteroatoms. The maximum atomic E-state index is 14.1. The summed E-state index contributed by atoms with van der Waals surface area (Å²) in [5, 5.41) is 2.59. The van der Waals surface area contributed by atoms with Gasteiger partial charge in [0.05, 0.1) is 18.0 Å². The molecule has 33 heavy (non-hydrogen) atoms. The van der Waals surface area contributed by atoms with E-state index in [-0.39, 0.29) is 31.3 Å². The highest BCUT2D eigenvalue weighted by molar-refractivity contribution is 7.09. The number of aromatic nitrogens is 2. The Morgan fingerprint density at radius 3 is 2.76 bits per heavy atom. The second kappa shape index (κ2) is 9.19. The van der Waals surface area contributed by atoms with Gasteiger partial charge in [0.15, 0.2) is 0 Å². The second-order valence-corrected chi connectivity index (χ2v) is 9.07. The van der Waals surface area contributed by atoms with Gasteiger partial charge in [-0.05, 0) is 36.2 Å². The Bertz CT molecular complexity index is 1170. The summed E-state index contributed by atoms with van der Waals surface area (Å²) in [5.41, 5.74) is -0.469. The second-order valence-electron chi connectivity index (χ2n) is 8.14. The van der Waals surface area contributed by atoms with Crippen LogP contribution < -0.4 is 0 Å². The van der Waals surface area contributed by atoms with Crippen molar-refractivity contribution in [2.45, 2.75) is 37.8 Å². The van der Waals surface area contributed by atoms with E-state index < -0.39 is 23.0 Å². The number of carbonyl (C=O) groups excluding carboxylic acids is 3. The van der Waals surface area contributed by atoms with Crippen molar-refractivity contribution in [3.63, 3.8) is 0 Å². The molecular formula is C24H23FN4O3S. The Kier molecular flexibility index (Phi) is 6.33. The lowest BCUT2D eigenvalue weighted by Crippen LogP contribution is -2.43. The number of hydrogen-bond donors (Lipinski definition) is 0. The third-order valence-electron chi connectivity index (χ3n) is 6.09. The molecule has 0 bridgehead atoms. The Morgan fingerprint density at radius 1 is 1.27 bits per heavy atom. The third-order valence-corrected chi connectivity index (χ3v) is 7.03. The minimum atomic E-state index is -1.48. The minimum absolute atomic E-state index is 0.0438. The molecule has 4 rings (SSSR count). The quantitative estimate of drug-likeness (QED) is 0.498. The topological polar surface area (TPSA) is 83.5 Å². The number of pyridine rings is 1. The molecule has 2 aromatic heterocycles. The molecule has 7 nitrogen and oxygen atoms in total. The van der Waals surface area contributed by atoms with E-state index in [4.69, 9.17) is 0 Å². The van der Waals surface area contributed by atoms with Crippen LogP contribution in [0.4, 0.5) is 4.39 Å². The van der Waals surface area contributed by atoms with Gasteiger partial charge in [0.1, 0.15) is 10.8 Å². The number of nitrogens with zero attached hydrogens (tertiary/aromatic N) is 4. The van der Waals surface area contributed by atoms with Crippen LogP contribution in [0.15, 0.2) is 60.4 Å². The molecule has 170 valence electrons. The molecule has 2 atom stereocenters. The fourth-order valence-electron chi connectivity index (χ4n) is 4.09. The molecular weight excluding hydrogens is 443 g/mol. The van der Waals surface area contributed by atoms with Crippen LogP contribution in [0.1, 0.15) is 41.9 Å². The number of benzene rings is 1. The lowest BCUT2D eigenvalue weighted by atomic mass is 9.75.